The molecule has 2 aliphatic heterocycles. The van der Waals surface area contributed by atoms with Crippen LogP contribution in [0.1, 0.15) is 42.7 Å². The third kappa shape index (κ3) is 3.50. The third-order valence-corrected chi connectivity index (χ3v) is 7.40. The molecule has 2 unspecified atom stereocenters. The first-order chi connectivity index (χ1) is 17.1. The van der Waals surface area contributed by atoms with Crippen LogP contribution in [-0.4, -0.2) is 41.3 Å². The van der Waals surface area contributed by atoms with E-state index < -0.39 is 0 Å². The number of nitrogens with one attached hydrogen (secondary N) is 1. The molecule has 0 radical (unpaired) electrons. The molecule has 9 heteroatoms. The van der Waals surface area contributed by atoms with Gasteiger partial charge in [-0.3, -0.25) is 0 Å². The average molecular weight is 467 g/mol. The van der Waals surface area contributed by atoms with Crippen molar-refractivity contribution in [1.82, 2.24) is 34.5 Å². The summed E-state index contributed by atoms with van der Waals surface area (Å²) in [7, 11) is 0. The minimum atomic E-state index is 0.506. The standard InChI is InChI=1S/C26H26N8O/c1-15-10-16(2-5-22(15)35-20-6-8-33-23(13-20)28-14-29-33)26-31-25(27)24-21(7-9-34(24)32-26)17-11-18-3-4-19(12-17)30-18/h2,5-10,13-14,17-19,30H,3-4,11-12H2,1H3,(H2,27,31,32). The summed E-state index contributed by atoms with van der Waals surface area (Å²) >= 11 is 0. The van der Waals surface area contributed by atoms with Crippen molar-refractivity contribution in [2.24, 2.45) is 0 Å². The first-order valence-corrected chi connectivity index (χ1v) is 12.1. The zero-order valence-corrected chi connectivity index (χ0v) is 19.4. The lowest BCUT2D eigenvalue weighted by Gasteiger charge is -2.29. The molecule has 5 aromatic rings. The van der Waals surface area contributed by atoms with Crippen molar-refractivity contribution in [2.75, 3.05) is 5.73 Å². The summed E-state index contributed by atoms with van der Waals surface area (Å²) in [4.78, 5) is 8.92. The van der Waals surface area contributed by atoms with E-state index in [9.17, 15) is 0 Å². The van der Waals surface area contributed by atoms with Gasteiger partial charge in [-0.25, -0.2) is 19.0 Å². The molecule has 3 N–H and O–H groups in total. The SMILES string of the molecule is Cc1cc(-c2nc(N)c3c(C4CC5CCC(C4)N5)ccn3n2)ccc1Oc1ccn2ncnc2c1. The van der Waals surface area contributed by atoms with Gasteiger partial charge in [-0.15, -0.1) is 5.10 Å². The number of ether oxygens (including phenoxy) is 1. The smallest absolute Gasteiger partial charge is 0.182 e. The summed E-state index contributed by atoms with van der Waals surface area (Å²) in [6.45, 7) is 2.01. The van der Waals surface area contributed by atoms with Gasteiger partial charge in [-0.05, 0) is 80.0 Å². The van der Waals surface area contributed by atoms with Crippen molar-refractivity contribution in [3.05, 3.63) is 66.2 Å². The van der Waals surface area contributed by atoms with Crippen LogP contribution in [-0.2, 0) is 0 Å². The maximum atomic E-state index is 6.51. The van der Waals surface area contributed by atoms with Crippen molar-refractivity contribution >= 4 is 17.0 Å². The van der Waals surface area contributed by atoms with E-state index in [2.05, 4.69) is 21.5 Å². The number of nitrogens with two attached hydrogens (primary N) is 1. The van der Waals surface area contributed by atoms with E-state index in [1.807, 2.05) is 54.2 Å². The van der Waals surface area contributed by atoms with E-state index >= 15 is 0 Å². The van der Waals surface area contributed by atoms with Gasteiger partial charge in [0, 0.05) is 36.1 Å². The molecule has 1 aromatic carbocycles. The van der Waals surface area contributed by atoms with Gasteiger partial charge >= 0.3 is 0 Å². The molecule has 9 nitrogen and oxygen atoms in total. The van der Waals surface area contributed by atoms with Gasteiger partial charge < -0.3 is 15.8 Å². The molecule has 0 spiro atoms. The van der Waals surface area contributed by atoms with Gasteiger partial charge in [0.2, 0.25) is 0 Å². The van der Waals surface area contributed by atoms with Crippen LogP contribution < -0.4 is 15.8 Å². The number of pyridine rings is 1. The second-order valence-corrected chi connectivity index (χ2v) is 9.70. The predicted octanol–water partition coefficient (Wildman–Crippen LogP) is 4.12. The van der Waals surface area contributed by atoms with Gasteiger partial charge in [0.15, 0.2) is 17.3 Å². The Morgan fingerprint density at radius 1 is 1.03 bits per heavy atom. The minimum absolute atomic E-state index is 0.506. The van der Waals surface area contributed by atoms with E-state index in [1.165, 1.54) is 24.7 Å². The van der Waals surface area contributed by atoms with Gasteiger partial charge in [0.1, 0.15) is 23.3 Å². The van der Waals surface area contributed by atoms with E-state index in [0.29, 0.717) is 35.4 Å². The topological polar surface area (TPSA) is 108 Å². The number of fused-ring (bicyclic) bond motifs is 4. The lowest BCUT2D eigenvalue weighted by Crippen LogP contribution is -2.37. The van der Waals surface area contributed by atoms with E-state index in [-0.39, 0.29) is 0 Å². The van der Waals surface area contributed by atoms with Crippen LogP contribution in [0.4, 0.5) is 5.82 Å². The molecule has 2 aliphatic rings. The molecule has 4 aromatic heterocycles. The van der Waals surface area contributed by atoms with E-state index in [0.717, 1.165) is 40.9 Å². The third-order valence-electron chi connectivity index (χ3n) is 7.40. The maximum Gasteiger partial charge on any atom is 0.182 e. The number of piperidine rings is 1. The van der Waals surface area contributed by atoms with Crippen LogP contribution in [0.25, 0.3) is 22.6 Å². The lowest BCUT2D eigenvalue weighted by atomic mass is 9.87. The summed E-state index contributed by atoms with van der Waals surface area (Å²) in [5.74, 6) is 3.10. The highest BCUT2D eigenvalue weighted by Crippen LogP contribution is 2.40. The molecule has 6 heterocycles. The van der Waals surface area contributed by atoms with Crippen LogP contribution in [0.15, 0.2) is 55.1 Å². The summed E-state index contributed by atoms with van der Waals surface area (Å²) in [6, 6.07) is 13.1. The number of anilines is 1. The number of rotatable bonds is 4. The number of benzene rings is 1. The Labute approximate surface area is 202 Å². The molecular formula is C26H26N8O. The minimum Gasteiger partial charge on any atom is -0.457 e. The number of nitrogen functional groups attached to an aromatic ring is 1. The van der Waals surface area contributed by atoms with Crippen molar-refractivity contribution < 1.29 is 4.74 Å². The fourth-order valence-corrected chi connectivity index (χ4v) is 5.73. The quantitative estimate of drug-likeness (QED) is 0.410. The Hall–Kier alpha value is -3.98. The van der Waals surface area contributed by atoms with Crippen LogP contribution in [0.5, 0.6) is 11.5 Å². The fraction of sp³-hybridized carbons (Fsp3) is 0.308. The number of hydrogen-bond donors (Lipinski definition) is 2. The van der Waals surface area contributed by atoms with Gasteiger partial charge in [0.05, 0.1) is 0 Å². The van der Waals surface area contributed by atoms with Crippen LogP contribution in [0.2, 0.25) is 0 Å². The van der Waals surface area contributed by atoms with Crippen molar-refractivity contribution in [1.29, 1.82) is 0 Å². The van der Waals surface area contributed by atoms with Crippen LogP contribution in [0.3, 0.4) is 0 Å². The Balaban J connectivity index is 1.18. The Kier molecular flexibility index (Phi) is 4.53. The Morgan fingerprint density at radius 3 is 2.69 bits per heavy atom. The fourth-order valence-electron chi connectivity index (χ4n) is 5.73. The van der Waals surface area contributed by atoms with Crippen LogP contribution in [0, 0.1) is 6.92 Å². The number of nitrogens with zero attached hydrogens (tertiary/aromatic N) is 6. The number of aryl methyl sites for hydroxylation is 1. The average Bonchev–Trinajstić information content (AvgIpc) is 3.58. The lowest BCUT2D eigenvalue weighted by molar-refractivity contribution is 0.364. The van der Waals surface area contributed by atoms with Gasteiger partial charge in [0.25, 0.3) is 0 Å². The highest BCUT2D eigenvalue weighted by Gasteiger charge is 2.35. The molecule has 2 bridgehead atoms. The summed E-state index contributed by atoms with van der Waals surface area (Å²) in [5.41, 5.74) is 11.3. The van der Waals surface area contributed by atoms with Gasteiger partial charge in [-0.2, -0.15) is 5.10 Å². The first-order valence-electron chi connectivity index (χ1n) is 12.1. The monoisotopic (exact) mass is 466 g/mol. The summed E-state index contributed by atoms with van der Waals surface area (Å²) in [5, 5.41) is 12.6. The number of hydrogen-bond acceptors (Lipinski definition) is 7. The maximum absolute atomic E-state index is 6.51. The van der Waals surface area contributed by atoms with E-state index in [4.69, 9.17) is 20.6 Å². The molecular weight excluding hydrogens is 440 g/mol. The molecule has 0 amide bonds. The molecule has 0 saturated carbocycles. The van der Waals surface area contributed by atoms with Crippen LogP contribution >= 0.6 is 0 Å². The first kappa shape index (κ1) is 20.4. The van der Waals surface area contributed by atoms with Crippen molar-refractivity contribution in [3.63, 3.8) is 0 Å². The summed E-state index contributed by atoms with van der Waals surface area (Å²) in [6.07, 6.45) is 10.2. The molecule has 0 aliphatic carbocycles. The molecule has 176 valence electrons. The molecule has 35 heavy (non-hydrogen) atoms. The highest BCUT2D eigenvalue weighted by atomic mass is 16.5. The largest absolute Gasteiger partial charge is 0.457 e. The second-order valence-electron chi connectivity index (χ2n) is 9.70. The van der Waals surface area contributed by atoms with Gasteiger partial charge in [-0.1, -0.05) is 0 Å². The normalized spacial score (nSPS) is 21.7. The number of aromatic nitrogens is 6. The summed E-state index contributed by atoms with van der Waals surface area (Å²) < 4.78 is 9.70. The zero-order chi connectivity index (χ0) is 23.5. The molecule has 7 rings (SSSR count). The predicted molar refractivity (Wildman–Crippen MR) is 133 cm³/mol. The highest BCUT2D eigenvalue weighted by molar-refractivity contribution is 5.73. The Morgan fingerprint density at radius 2 is 1.86 bits per heavy atom. The second kappa shape index (κ2) is 7.78. The molecule has 2 saturated heterocycles. The van der Waals surface area contributed by atoms with Crippen molar-refractivity contribution in [2.45, 2.75) is 50.6 Å². The van der Waals surface area contributed by atoms with Crippen molar-refractivity contribution in [3.8, 4) is 22.9 Å². The van der Waals surface area contributed by atoms with E-state index in [1.54, 1.807) is 4.52 Å². The molecule has 2 atom stereocenters. The molecule has 2 fully saturated rings. The zero-order valence-electron chi connectivity index (χ0n) is 19.4. The Bertz CT molecular complexity index is 1560.